The minimum atomic E-state index is -0.592. The summed E-state index contributed by atoms with van der Waals surface area (Å²) in [6.07, 6.45) is 3.43. The molecule has 2 aromatic heterocycles. The number of imidazole rings is 1. The number of aromatic hydroxyl groups is 1. The zero-order valence-electron chi connectivity index (χ0n) is 43.3. The third-order valence-corrected chi connectivity index (χ3v) is 14.1. The number of para-hydroxylation sites is 2. The Kier molecular flexibility index (Phi) is 12.3. The van der Waals surface area contributed by atoms with E-state index in [-0.39, 0.29) is 16.6 Å². The fourth-order valence-corrected chi connectivity index (χ4v) is 10.0. The van der Waals surface area contributed by atoms with E-state index in [1.807, 2.05) is 36.5 Å². The number of hydrogen-bond donors (Lipinski definition) is 1. The van der Waals surface area contributed by atoms with Gasteiger partial charge < -0.3 is 5.11 Å². The number of rotatable bonds is 11. The molecule has 0 bridgehead atoms. The molecule has 71 heavy (non-hydrogen) atoms. The second-order valence-corrected chi connectivity index (χ2v) is 20.8. The van der Waals surface area contributed by atoms with Gasteiger partial charge in [0, 0.05) is 29.8 Å². The van der Waals surface area contributed by atoms with Crippen LogP contribution in [0.4, 0.5) is 0 Å². The number of phenolic OH excluding ortho intramolecular Hbond substituents is 1. The zero-order valence-corrected chi connectivity index (χ0v) is 42.3. The predicted octanol–water partition coefficient (Wildman–Crippen LogP) is 18.3. The number of aromatic nitrogens is 3. The molecule has 352 valence electrons. The lowest BCUT2D eigenvalue weighted by atomic mass is 9.83. The normalized spacial score (nSPS) is 12.3. The monoisotopic (exact) mass is 927 g/mol. The Morgan fingerprint density at radius 1 is 0.479 bits per heavy atom. The Morgan fingerprint density at radius 3 is 1.75 bits per heavy atom. The van der Waals surface area contributed by atoms with Crippen molar-refractivity contribution in [3.05, 3.63) is 217 Å². The van der Waals surface area contributed by atoms with Gasteiger partial charge in [-0.2, -0.15) is 0 Å². The maximum absolute atomic E-state index is 12.8. The molecule has 2 heterocycles. The maximum atomic E-state index is 12.8. The molecule has 4 nitrogen and oxygen atoms in total. The number of phenols is 1. The molecule has 4 heteroatoms. The van der Waals surface area contributed by atoms with Crippen molar-refractivity contribution in [1.29, 1.82) is 0 Å². The van der Waals surface area contributed by atoms with E-state index in [4.69, 9.17) is 11.3 Å². The van der Waals surface area contributed by atoms with Crippen LogP contribution < -0.4 is 0 Å². The summed E-state index contributed by atoms with van der Waals surface area (Å²) in [5.41, 5.74) is 18.5. The highest BCUT2D eigenvalue weighted by Crippen LogP contribution is 2.46. The molecule has 1 N–H and O–H groups in total. The van der Waals surface area contributed by atoms with E-state index in [0.29, 0.717) is 11.4 Å². The number of fused-ring (bicyclic) bond motifs is 1. The van der Waals surface area contributed by atoms with Crippen molar-refractivity contribution in [2.75, 3.05) is 0 Å². The molecule has 0 atom stereocenters. The van der Waals surface area contributed by atoms with Gasteiger partial charge in [-0.25, -0.2) is 4.98 Å². The average molecular weight is 927 g/mol. The summed E-state index contributed by atoms with van der Waals surface area (Å²) in [7, 11) is 0. The van der Waals surface area contributed by atoms with Gasteiger partial charge in [0.25, 0.3) is 0 Å². The van der Waals surface area contributed by atoms with Gasteiger partial charge in [-0.05, 0) is 134 Å². The van der Waals surface area contributed by atoms with Crippen molar-refractivity contribution < 1.29 is 6.48 Å². The first-order chi connectivity index (χ1) is 34.6. The zero-order chi connectivity index (χ0) is 50.4. The van der Waals surface area contributed by atoms with Crippen molar-refractivity contribution in [3.63, 3.8) is 0 Å². The van der Waals surface area contributed by atoms with Crippen molar-refractivity contribution in [2.24, 2.45) is 0 Å². The predicted molar refractivity (Wildman–Crippen MR) is 299 cm³/mol. The highest BCUT2D eigenvalue weighted by atomic mass is 16.3. The molecule has 0 aliphatic heterocycles. The second-order valence-electron chi connectivity index (χ2n) is 20.8. The van der Waals surface area contributed by atoms with Crippen LogP contribution in [0.15, 0.2) is 200 Å². The van der Waals surface area contributed by atoms with Gasteiger partial charge in [0.05, 0.1) is 28.0 Å². The SMILES string of the molecule is [2H]C(CC)(CC)c1ccc(-c2ccnc(-c3cc(-c4cccc5c4nc(-c4cccc(-c6ccccc6-c6ccccc6)c4O)n5-c4ccc(C(C)(C)C)cc4-c4ccccc4)cc(C(C)(C)C)c3)c2)cc1. The quantitative estimate of drug-likeness (QED) is 0.141. The fourth-order valence-electron chi connectivity index (χ4n) is 10.0. The first kappa shape index (κ1) is 45.6. The second kappa shape index (κ2) is 19.2. The molecule has 0 unspecified atom stereocenters. The molecule has 8 aromatic carbocycles. The minimum Gasteiger partial charge on any atom is -0.507 e. The van der Waals surface area contributed by atoms with Gasteiger partial charge in [-0.1, -0.05) is 201 Å². The molecule has 10 aromatic rings. The van der Waals surface area contributed by atoms with Gasteiger partial charge in [0.1, 0.15) is 11.6 Å². The summed E-state index contributed by atoms with van der Waals surface area (Å²) in [5, 5.41) is 12.8. The topological polar surface area (TPSA) is 50.9 Å². The number of pyridine rings is 1. The van der Waals surface area contributed by atoms with E-state index in [9.17, 15) is 5.11 Å². The Labute approximate surface area is 421 Å². The van der Waals surface area contributed by atoms with E-state index in [1.54, 1.807) is 0 Å². The smallest absolute Gasteiger partial charge is 0.149 e. The van der Waals surface area contributed by atoms with Crippen LogP contribution in [0.25, 0.3) is 95.0 Å². The van der Waals surface area contributed by atoms with Crippen molar-refractivity contribution in [2.45, 2.75) is 85.0 Å². The van der Waals surface area contributed by atoms with Gasteiger partial charge in [0.15, 0.2) is 0 Å². The van der Waals surface area contributed by atoms with E-state index in [1.165, 1.54) is 11.1 Å². The molecule has 0 amide bonds. The summed E-state index contributed by atoms with van der Waals surface area (Å²) in [6.45, 7) is 17.7. The lowest BCUT2D eigenvalue weighted by Gasteiger charge is -2.23. The molecule has 0 saturated heterocycles. The largest absolute Gasteiger partial charge is 0.507 e. The van der Waals surface area contributed by atoms with Gasteiger partial charge in [-0.15, -0.1) is 0 Å². The van der Waals surface area contributed by atoms with E-state index in [0.717, 1.165) is 102 Å². The van der Waals surface area contributed by atoms with Crippen LogP contribution in [-0.4, -0.2) is 19.6 Å². The number of hydrogen-bond acceptors (Lipinski definition) is 3. The highest BCUT2D eigenvalue weighted by Gasteiger charge is 2.26. The third-order valence-electron chi connectivity index (χ3n) is 14.1. The highest BCUT2D eigenvalue weighted by molar-refractivity contribution is 5.99. The molecule has 0 aliphatic carbocycles. The third kappa shape index (κ3) is 9.23. The van der Waals surface area contributed by atoms with E-state index in [2.05, 4.69) is 224 Å². The van der Waals surface area contributed by atoms with Gasteiger partial charge in [-0.3, -0.25) is 9.55 Å². The van der Waals surface area contributed by atoms with Gasteiger partial charge in [0.2, 0.25) is 0 Å². The molecule has 0 aliphatic rings. The lowest BCUT2D eigenvalue weighted by molar-refractivity contribution is 0.479. The van der Waals surface area contributed by atoms with Crippen molar-refractivity contribution >= 4 is 11.0 Å². The molecule has 0 spiro atoms. The van der Waals surface area contributed by atoms with Crippen LogP contribution in [0, 0.1) is 0 Å². The van der Waals surface area contributed by atoms with Crippen LogP contribution in [0.1, 0.15) is 92.2 Å². The molecule has 0 saturated carbocycles. The standard InChI is InChI=1S/C67H63N3O/c1-9-44(10-2)45-31-33-46(34-32-45)49-37-38-68-60(42-49)51-39-50(40-53(41-51)67(6,7)8)55-27-20-30-62-63(55)69-65(70(62)61-36-35-52(66(3,4)5)43-59(61)48-23-15-12-16-24-48)58-29-19-28-57(64(58)71)56-26-18-17-25-54(56)47-21-13-11-14-22-47/h11-44,71H,9-10H2,1-8H3/i44D. The fraction of sp³-hybridized carbons (Fsp3) is 0.194. The summed E-state index contributed by atoms with van der Waals surface area (Å²) in [4.78, 5) is 10.7. The lowest BCUT2D eigenvalue weighted by Crippen LogP contribution is -2.12. The Morgan fingerprint density at radius 2 is 1.07 bits per heavy atom. The summed E-state index contributed by atoms with van der Waals surface area (Å²) < 4.78 is 11.3. The van der Waals surface area contributed by atoms with Crippen LogP contribution in [0.3, 0.4) is 0 Å². The number of nitrogens with zero attached hydrogens (tertiary/aromatic N) is 3. The summed E-state index contributed by atoms with van der Waals surface area (Å²) in [5.74, 6) is 0.215. The Hall–Kier alpha value is -7.82. The molecule has 10 rings (SSSR count). The average Bonchev–Trinajstić information content (AvgIpc) is 3.80. The summed E-state index contributed by atoms with van der Waals surface area (Å²) >= 11 is 0. The van der Waals surface area contributed by atoms with E-state index < -0.39 is 5.89 Å². The molecule has 0 radical (unpaired) electrons. The van der Waals surface area contributed by atoms with Gasteiger partial charge >= 0.3 is 0 Å². The Bertz CT molecular complexity index is 3570. The van der Waals surface area contributed by atoms with Crippen LogP contribution in [0.5, 0.6) is 5.75 Å². The van der Waals surface area contributed by atoms with E-state index >= 15 is 0 Å². The number of benzene rings is 8. The van der Waals surface area contributed by atoms with Crippen molar-refractivity contribution in [3.8, 4) is 89.7 Å². The first-order valence-electron chi connectivity index (χ1n) is 25.6. The maximum Gasteiger partial charge on any atom is 0.149 e. The summed E-state index contributed by atoms with van der Waals surface area (Å²) in [6, 6.07) is 68.1. The molecular formula is C67H63N3O. The van der Waals surface area contributed by atoms with Crippen molar-refractivity contribution in [1.82, 2.24) is 14.5 Å². The molecule has 0 fully saturated rings. The van der Waals surface area contributed by atoms with Crippen LogP contribution in [0.2, 0.25) is 0 Å². The molecular weight excluding hydrogens is 863 g/mol. The van der Waals surface area contributed by atoms with Crippen LogP contribution in [-0.2, 0) is 10.8 Å². The Balaban J connectivity index is 1.20. The van der Waals surface area contributed by atoms with Crippen LogP contribution >= 0.6 is 0 Å². The first-order valence-corrected chi connectivity index (χ1v) is 25.1. The minimum absolute atomic E-state index is 0.0961.